The number of hydrogen-bond donors (Lipinski definition) is 2. The van der Waals surface area contributed by atoms with Gasteiger partial charge in [0.15, 0.2) is 0 Å². The number of aromatic amines is 1. The lowest BCUT2D eigenvalue weighted by Gasteiger charge is -2.20. The van der Waals surface area contributed by atoms with Gasteiger partial charge in [-0.3, -0.25) is 4.79 Å². The first-order valence-electron chi connectivity index (χ1n) is 6.96. The third kappa shape index (κ3) is 2.25. The van der Waals surface area contributed by atoms with E-state index in [1.54, 1.807) is 0 Å². The Hall–Kier alpha value is -1.77. The molecule has 0 aliphatic heterocycles. The van der Waals surface area contributed by atoms with E-state index >= 15 is 0 Å². The highest BCUT2D eigenvalue weighted by atomic mass is 16.1. The van der Waals surface area contributed by atoms with E-state index in [9.17, 15) is 4.79 Å². The van der Waals surface area contributed by atoms with Crippen LogP contribution >= 0.6 is 0 Å². The molecule has 1 aliphatic rings. The molecular weight excluding hydrogens is 236 g/mol. The van der Waals surface area contributed by atoms with Crippen LogP contribution in [0.3, 0.4) is 0 Å². The summed E-state index contributed by atoms with van der Waals surface area (Å²) in [6.07, 6.45) is 4.37. The number of nitrogens with one attached hydrogen (secondary N) is 2. The van der Waals surface area contributed by atoms with Gasteiger partial charge < -0.3 is 10.3 Å². The normalized spacial score (nSPS) is 16.8. The van der Waals surface area contributed by atoms with Crippen LogP contribution in [-0.2, 0) is 0 Å². The standard InChI is InChI=1S/C16H20N2O/c1-11(2)16(6-7-16)10-18-15(19)13-4-3-12-5-8-17-14(12)9-13/h3-5,8-9,11,17H,6-7,10H2,1-2H3,(H,18,19). The second kappa shape index (κ2) is 4.41. The zero-order valence-corrected chi connectivity index (χ0v) is 11.5. The predicted octanol–water partition coefficient (Wildman–Crippen LogP) is 3.33. The second-order valence-electron chi connectivity index (χ2n) is 5.98. The molecule has 1 fully saturated rings. The van der Waals surface area contributed by atoms with E-state index in [-0.39, 0.29) is 5.91 Å². The van der Waals surface area contributed by atoms with E-state index in [4.69, 9.17) is 0 Å². The number of aromatic nitrogens is 1. The minimum absolute atomic E-state index is 0.0309. The molecule has 3 nitrogen and oxygen atoms in total. The van der Waals surface area contributed by atoms with Crippen molar-refractivity contribution in [2.24, 2.45) is 11.3 Å². The van der Waals surface area contributed by atoms with Gasteiger partial charge in [0.1, 0.15) is 0 Å². The van der Waals surface area contributed by atoms with Crippen LogP contribution in [0.25, 0.3) is 10.9 Å². The molecule has 2 aromatic rings. The van der Waals surface area contributed by atoms with Crippen molar-refractivity contribution in [3.8, 4) is 0 Å². The van der Waals surface area contributed by atoms with Crippen molar-refractivity contribution in [2.45, 2.75) is 26.7 Å². The molecule has 100 valence electrons. The van der Waals surface area contributed by atoms with Gasteiger partial charge in [0.05, 0.1) is 0 Å². The fourth-order valence-corrected chi connectivity index (χ4v) is 2.67. The lowest BCUT2D eigenvalue weighted by atomic mass is 9.92. The summed E-state index contributed by atoms with van der Waals surface area (Å²) in [4.78, 5) is 15.3. The summed E-state index contributed by atoms with van der Waals surface area (Å²) in [6.45, 7) is 5.28. The average Bonchev–Trinajstić information content (AvgIpc) is 3.06. The van der Waals surface area contributed by atoms with E-state index in [1.165, 1.54) is 12.8 Å². The molecular formula is C16H20N2O. The van der Waals surface area contributed by atoms with Crippen molar-refractivity contribution < 1.29 is 4.79 Å². The fourth-order valence-electron chi connectivity index (χ4n) is 2.67. The highest BCUT2D eigenvalue weighted by Gasteiger charge is 2.45. The van der Waals surface area contributed by atoms with Crippen LogP contribution in [0.15, 0.2) is 30.5 Å². The number of rotatable bonds is 4. The summed E-state index contributed by atoms with van der Waals surface area (Å²) in [6, 6.07) is 7.80. The highest BCUT2D eigenvalue weighted by Crippen LogP contribution is 2.51. The van der Waals surface area contributed by atoms with Crippen molar-refractivity contribution in [3.05, 3.63) is 36.0 Å². The van der Waals surface area contributed by atoms with E-state index in [1.807, 2.05) is 30.5 Å². The predicted molar refractivity (Wildman–Crippen MR) is 77.1 cm³/mol. The van der Waals surface area contributed by atoms with E-state index in [0.717, 1.165) is 23.0 Å². The molecule has 1 aromatic carbocycles. The first-order valence-corrected chi connectivity index (χ1v) is 6.96. The van der Waals surface area contributed by atoms with Crippen LogP contribution in [0.5, 0.6) is 0 Å². The molecule has 3 rings (SSSR count). The SMILES string of the molecule is CC(C)C1(CNC(=O)c2ccc3cc[nH]c3c2)CC1. The molecule has 3 heteroatoms. The lowest BCUT2D eigenvalue weighted by molar-refractivity contribution is 0.0940. The molecule has 1 aromatic heterocycles. The summed E-state index contributed by atoms with van der Waals surface area (Å²) >= 11 is 0. The van der Waals surface area contributed by atoms with Gasteiger partial charge in [-0.25, -0.2) is 0 Å². The Morgan fingerprint density at radius 3 is 2.84 bits per heavy atom. The molecule has 0 spiro atoms. The lowest BCUT2D eigenvalue weighted by Crippen LogP contribution is -2.32. The minimum atomic E-state index is 0.0309. The molecule has 0 radical (unpaired) electrons. The third-order valence-corrected chi connectivity index (χ3v) is 4.54. The van der Waals surface area contributed by atoms with Gasteiger partial charge in [-0.05, 0) is 47.8 Å². The molecule has 19 heavy (non-hydrogen) atoms. The molecule has 0 bridgehead atoms. The van der Waals surface area contributed by atoms with Gasteiger partial charge in [0, 0.05) is 23.8 Å². The molecule has 0 unspecified atom stereocenters. The quantitative estimate of drug-likeness (QED) is 0.866. The second-order valence-corrected chi connectivity index (χ2v) is 5.98. The van der Waals surface area contributed by atoms with E-state index < -0.39 is 0 Å². The Kier molecular flexibility index (Phi) is 2.85. The maximum absolute atomic E-state index is 12.2. The maximum Gasteiger partial charge on any atom is 0.251 e. The number of hydrogen-bond acceptors (Lipinski definition) is 1. The number of H-pyrrole nitrogens is 1. The zero-order valence-electron chi connectivity index (χ0n) is 11.5. The zero-order chi connectivity index (χ0) is 13.5. The van der Waals surface area contributed by atoms with Gasteiger partial charge in [-0.1, -0.05) is 19.9 Å². The fraction of sp³-hybridized carbons (Fsp3) is 0.438. The number of carbonyl (C=O) groups is 1. The summed E-state index contributed by atoms with van der Waals surface area (Å²) in [7, 11) is 0. The Bertz CT molecular complexity index is 608. The molecule has 1 saturated carbocycles. The van der Waals surface area contributed by atoms with Gasteiger partial charge in [0.25, 0.3) is 5.91 Å². The summed E-state index contributed by atoms with van der Waals surface area (Å²) < 4.78 is 0. The number of carbonyl (C=O) groups excluding carboxylic acids is 1. The molecule has 0 saturated heterocycles. The van der Waals surface area contributed by atoms with E-state index in [2.05, 4.69) is 24.1 Å². The van der Waals surface area contributed by atoms with Crippen LogP contribution in [-0.4, -0.2) is 17.4 Å². The average molecular weight is 256 g/mol. The van der Waals surface area contributed by atoms with Gasteiger partial charge in [0.2, 0.25) is 0 Å². The minimum Gasteiger partial charge on any atom is -0.361 e. The Labute approximate surface area is 113 Å². The molecule has 1 heterocycles. The number of amides is 1. The van der Waals surface area contributed by atoms with Crippen molar-refractivity contribution >= 4 is 16.8 Å². The third-order valence-electron chi connectivity index (χ3n) is 4.54. The maximum atomic E-state index is 12.2. The van der Waals surface area contributed by atoms with Gasteiger partial charge in [-0.15, -0.1) is 0 Å². The first kappa shape index (κ1) is 12.3. The Morgan fingerprint density at radius 1 is 1.37 bits per heavy atom. The number of fused-ring (bicyclic) bond motifs is 1. The smallest absolute Gasteiger partial charge is 0.251 e. The largest absolute Gasteiger partial charge is 0.361 e. The van der Waals surface area contributed by atoms with Crippen molar-refractivity contribution in [1.29, 1.82) is 0 Å². The summed E-state index contributed by atoms with van der Waals surface area (Å²) in [5.41, 5.74) is 2.10. The van der Waals surface area contributed by atoms with E-state index in [0.29, 0.717) is 11.3 Å². The van der Waals surface area contributed by atoms with Crippen LogP contribution in [0.2, 0.25) is 0 Å². The molecule has 1 amide bonds. The van der Waals surface area contributed by atoms with Crippen LogP contribution in [0, 0.1) is 11.3 Å². The van der Waals surface area contributed by atoms with Crippen molar-refractivity contribution in [1.82, 2.24) is 10.3 Å². The summed E-state index contributed by atoms with van der Waals surface area (Å²) in [5, 5.41) is 4.22. The van der Waals surface area contributed by atoms with Crippen molar-refractivity contribution in [2.75, 3.05) is 6.54 Å². The topological polar surface area (TPSA) is 44.9 Å². The molecule has 0 atom stereocenters. The van der Waals surface area contributed by atoms with Gasteiger partial charge >= 0.3 is 0 Å². The molecule has 2 N–H and O–H groups in total. The van der Waals surface area contributed by atoms with Gasteiger partial charge in [-0.2, -0.15) is 0 Å². The summed E-state index contributed by atoms with van der Waals surface area (Å²) in [5.74, 6) is 0.669. The van der Waals surface area contributed by atoms with Crippen LogP contribution in [0.4, 0.5) is 0 Å². The van der Waals surface area contributed by atoms with Crippen molar-refractivity contribution in [3.63, 3.8) is 0 Å². The monoisotopic (exact) mass is 256 g/mol. The Morgan fingerprint density at radius 2 is 2.16 bits per heavy atom. The highest BCUT2D eigenvalue weighted by molar-refractivity contribution is 5.97. The van der Waals surface area contributed by atoms with Crippen LogP contribution in [0.1, 0.15) is 37.0 Å². The first-order chi connectivity index (χ1) is 9.11. The Balaban J connectivity index is 1.70. The van der Waals surface area contributed by atoms with Crippen LogP contribution < -0.4 is 5.32 Å². The number of benzene rings is 1. The molecule has 1 aliphatic carbocycles.